The van der Waals surface area contributed by atoms with E-state index in [9.17, 15) is 0 Å². The highest BCUT2D eigenvalue weighted by Crippen LogP contribution is 2.38. The van der Waals surface area contributed by atoms with Gasteiger partial charge in [0.15, 0.2) is 0 Å². The van der Waals surface area contributed by atoms with Crippen LogP contribution in [0, 0.1) is 13.8 Å². The number of aromatic nitrogens is 1. The highest BCUT2D eigenvalue weighted by molar-refractivity contribution is 5.35. The molecule has 0 amide bonds. The minimum Gasteiger partial charge on any atom is -0.323 e. The number of hydrogen-bond acceptors (Lipinski definition) is 2. The predicted molar refractivity (Wildman–Crippen MR) is 82.8 cm³/mol. The van der Waals surface area contributed by atoms with Crippen LogP contribution in [0.2, 0.25) is 0 Å². The highest BCUT2D eigenvalue weighted by Gasteiger charge is 2.27. The van der Waals surface area contributed by atoms with Crippen LogP contribution in [-0.4, -0.2) is 4.98 Å². The third-order valence-electron chi connectivity index (χ3n) is 4.30. The molecule has 2 unspecified atom stereocenters. The third-order valence-corrected chi connectivity index (χ3v) is 4.30. The summed E-state index contributed by atoms with van der Waals surface area (Å²) in [5.41, 5.74) is 13.0. The number of pyridine rings is 1. The zero-order chi connectivity index (χ0) is 14.1. The smallest absolute Gasteiger partial charge is 0.0485 e. The Balaban J connectivity index is 1.97. The van der Waals surface area contributed by atoms with Crippen molar-refractivity contribution >= 4 is 0 Å². The van der Waals surface area contributed by atoms with E-state index in [-0.39, 0.29) is 6.04 Å². The fourth-order valence-electron chi connectivity index (χ4n) is 3.43. The molecule has 0 spiro atoms. The summed E-state index contributed by atoms with van der Waals surface area (Å²) in [6.07, 6.45) is 5.38. The number of aryl methyl sites for hydroxylation is 3. The maximum absolute atomic E-state index is 6.58. The standard InChI is InChI=1S/C18H22N2/c1-12-9-13(2)11-15(10-12)17(19)16-7-3-5-14-6-4-8-20-18(14)16/h4,6,8-11,16-17H,3,5,7,19H2,1-2H3. The van der Waals surface area contributed by atoms with Crippen LogP contribution in [0.15, 0.2) is 36.5 Å². The van der Waals surface area contributed by atoms with Crippen molar-refractivity contribution < 1.29 is 0 Å². The van der Waals surface area contributed by atoms with Gasteiger partial charge in [0.05, 0.1) is 0 Å². The topological polar surface area (TPSA) is 38.9 Å². The van der Waals surface area contributed by atoms with E-state index >= 15 is 0 Å². The van der Waals surface area contributed by atoms with E-state index < -0.39 is 0 Å². The molecule has 2 atom stereocenters. The zero-order valence-corrected chi connectivity index (χ0v) is 12.3. The van der Waals surface area contributed by atoms with Gasteiger partial charge in [0.25, 0.3) is 0 Å². The minimum atomic E-state index is 0.0440. The molecule has 1 heterocycles. The quantitative estimate of drug-likeness (QED) is 0.897. The predicted octanol–water partition coefficient (Wildman–Crippen LogP) is 3.82. The second-order valence-corrected chi connectivity index (χ2v) is 5.99. The van der Waals surface area contributed by atoms with Gasteiger partial charge in [-0.1, -0.05) is 35.4 Å². The second kappa shape index (κ2) is 5.37. The summed E-state index contributed by atoms with van der Waals surface area (Å²) in [5.74, 6) is 0.348. The van der Waals surface area contributed by atoms with Gasteiger partial charge >= 0.3 is 0 Å². The summed E-state index contributed by atoms with van der Waals surface area (Å²) in [5, 5.41) is 0. The van der Waals surface area contributed by atoms with E-state index in [0.29, 0.717) is 5.92 Å². The Morgan fingerprint density at radius 2 is 1.95 bits per heavy atom. The van der Waals surface area contributed by atoms with Gasteiger partial charge in [0.2, 0.25) is 0 Å². The maximum Gasteiger partial charge on any atom is 0.0485 e. The molecule has 2 heteroatoms. The monoisotopic (exact) mass is 266 g/mol. The molecular weight excluding hydrogens is 244 g/mol. The number of nitrogens with two attached hydrogens (primary N) is 1. The van der Waals surface area contributed by atoms with Crippen molar-refractivity contribution in [1.29, 1.82) is 0 Å². The Kier molecular flexibility index (Phi) is 3.58. The first-order valence-corrected chi connectivity index (χ1v) is 7.43. The van der Waals surface area contributed by atoms with E-state index in [2.05, 4.69) is 43.1 Å². The van der Waals surface area contributed by atoms with Gasteiger partial charge < -0.3 is 5.73 Å². The Morgan fingerprint density at radius 1 is 1.20 bits per heavy atom. The first kappa shape index (κ1) is 13.3. The highest BCUT2D eigenvalue weighted by atomic mass is 14.7. The van der Waals surface area contributed by atoms with Crippen molar-refractivity contribution in [2.75, 3.05) is 0 Å². The van der Waals surface area contributed by atoms with Crippen molar-refractivity contribution in [2.24, 2.45) is 5.73 Å². The van der Waals surface area contributed by atoms with Gasteiger partial charge in [-0.3, -0.25) is 4.98 Å². The molecule has 20 heavy (non-hydrogen) atoms. The number of hydrogen-bond donors (Lipinski definition) is 1. The van der Waals surface area contributed by atoms with Crippen molar-refractivity contribution in [2.45, 2.75) is 45.1 Å². The summed E-state index contributed by atoms with van der Waals surface area (Å²) in [6.45, 7) is 4.27. The lowest BCUT2D eigenvalue weighted by Crippen LogP contribution is -2.24. The van der Waals surface area contributed by atoms with Crippen molar-refractivity contribution in [1.82, 2.24) is 4.98 Å². The molecule has 3 rings (SSSR count). The van der Waals surface area contributed by atoms with Gasteiger partial charge in [-0.2, -0.15) is 0 Å². The lowest BCUT2D eigenvalue weighted by molar-refractivity contribution is 0.462. The van der Waals surface area contributed by atoms with E-state index in [1.165, 1.54) is 34.4 Å². The molecule has 1 aliphatic carbocycles. The Bertz CT molecular complexity index is 598. The molecule has 104 valence electrons. The lowest BCUT2D eigenvalue weighted by Gasteiger charge is -2.29. The van der Waals surface area contributed by atoms with Crippen molar-refractivity contribution in [3.63, 3.8) is 0 Å². The van der Waals surface area contributed by atoms with Crippen LogP contribution in [0.5, 0.6) is 0 Å². The average molecular weight is 266 g/mol. The number of rotatable bonds is 2. The van der Waals surface area contributed by atoms with Crippen LogP contribution < -0.4 is 5.73 Å². The molecule has 1 aromatic heterocycles. The molecule has 2 aromatic rings. The molecule has 0 radical (unpaired) electrons. The lowest BCUT2D eigenvalue weighted by atomic mass is 9.79. The van der Waals surface area contributed by atoms with E-state index in [1.807, 2.05) is 12.3 Å². The first-order chi connectivity index (χ1) is 9.65. The van der Waals surface area contributed by atoms with Gasteiger partial charge in [-0.15, -0.1) is 0 Å². The number of nitrogens with zero attached hydrogens (tertiary/aromatic N) is 1. The van der Waals surface area contributed by atoms with Crippen molar-refractivity contribution in [3.05, 3.63) is 64.5 Å². The molecule has 0 saturated carbocycles. The summed E-state index contributed by atoms with van der Waals surface area (Å²) >= 11 is 0. The fourth-order valence-corrected chi connectivity index (χ4v) is 3.43. The van der Waals surface area contributed by atoms with Crippen LogP contribution in [0.4, 0.5) is 0 Å². The Morgan fingerprint density at radius 3 is 2.70 bits per heavy atom. The Labute approximate surface area is 121 Å². The van der Waals surface area contributed by atoms with Gasteiger partial charge in [0, 0.05) is 23.9 Å². The maximum atomic E-state index is 6.58. The molecular formula is C18H22N2. The fraction of sp³-hybridized carbons (Fsp3) is 0.389. The summed E-state index contributed by atoms with van der Waals surface area (Å²) in [7, 11) is 0. The summed E-state index contributed by atoms with van der Waals surface area (Å²) in [6, 6.07) is 10.9. The molecule has 0 bridgehead atoms. The van der Waals surface area contributed by atoms with Crippen LogP contribution >= 0.6 is 0 Å². The van der Waals surface area contributed by atoms with Crippen LogP contribution in [-0.2, 0) is 6.42 Å². The number of fused-ring (bicyclic) bond motifs is 1. The van der Waals surface area contributed by atoms with Crippen LogP contribution in [0.25, 0.3) is 0 Å². The molecule has 0 saturated heterocycles. The normalized spacial score (nSPS) is 19.4. The first-order valence-electron chi connectivity index (χ1n) is 7.43. The van der Waals surface area contributed by atoms with Gasteiger partial charge in [-0.05, 0) is 50.3 Å². The molecule has 1 aliphatic rings. The van der Waals surface area contributed by atoms with Crippen LogP contribution in [0.1, 0.15) is 52.7 Å². The zero-order valence-electron chi connectivity index (χ0n) is 12.3. The van der Waals surface area contributed by atoms with Gasteiger partial charge in [-0.25, -0.2) is 0 Å². The summed E-state index contributed by atoms with van der Waals surface area (Å²) in [4.78, 5) is 4.61. The van der Waals surface area contributed by atoms with E-state index in [1.54, 1.807) is 0 Å². The third kappa shape index (κ3) is 2.48. The summed E-state index contributed by atoms with van der Waals surface area (Å²) < 4.78 is 0. The Hall–Kier alpha value is -1.67. The molecule has 0 aliphatic heterocycles. The second-order valence-electron chi connectivity index (χ2n) is 5.99. The largest absolute Gasteiger partial charge is 0.323 e. The van der Waals surface area contributed by atoms with Crippen molar-refractivity contribution in [3.8, 4) is 0 Å². The number of benzene rings is 1. The van der Waals surface area contributed by atoms with Gasteiger partial charge in [0.1, 0.15) is 0 Å². The molecule has 0 fully saturated rings. The minimum absolute atomic E-state index is 0.0440. The van der Waals surface area contributed by atoms with E-state index in [0.717, 1.165) is 12.8 Å². The SMILES string of the molecule is Cc1cc(C)cc(C(N)C2CCCc3cccnc32)c1. The van der Waals surface area contributed by atoms with E-state index in [4.69, 9.17) is 5.73 Å². The molecule has 1 aromatic carbocycles. The molecule has 2 nitrogen and oxygen atoms in total. The molecule has 2 N–H and O–H groups in total. The van der Waals surface area contributed by atoms with Crippen LogP contribution in [0.3, 0.4) is 0 Å². The average Bonchev–Trinajstić information content (AvgIpc) is 2.45.